The molecule has 0 bridgehead atoms. The summed E-state index contributed by atoms with van der Waals surface area (Å²) in [6.07, 6.45) is 1.25. The van der Waals surface area contributed by atoms with Crippen LogP contribution in [-0.4, -0.2) is 44.4 Å². The maximum atomic E-state index is 12.8. The van der Waals surface area contributed by atoms with Gasteiger partial charge in [0.2, 0.25) is 0 Å². The van der Waals surface area contributed by atoms with Crippen LogP contribution in [0.25, 0.3) is 0 Å². The largest absolute Gasteiger partial charge is 0.493 e. The van der Waals surface area contributed by atoms with E-state index in [0.29, 0.717) is 11.5 Å². The molecule has 1 aliphatic rings. The smallest absolute Gasteiger partial charge is 0.338 e. The minimum absolute atomic E-state index is 0.0560. The Balaban J connectivity index is 1.88. The van der Waals surface area contributed by atoms with Crippen molar-refractivity contribution in [3.63, 3.8) is 0 Å². The molecule has 0 saturated heterocycles. The van der Waals surface area contributed by atoms with Crippen LogP contribution >= 0.6 is 11.6 Å². The lowest BCUT2D eigenvalue weighted by molar-refractivity contribution is -0.139. The number of hydrogen-bond donors (Lipinski definition) is 2. The fourth-order valence-corrected chi connectivity index (χ4v) is 3.51. The number of furan rings is 1. The summed E-state index contributed by atoms with van der Waals surface area (Å²) < 4.78 is 26.8. The number of carbonyl (C=O) groups is 3. The molecule has 1 aromatic heterocycles. The number of ether oxygens (including phenoxy) is 4. The summed E-state index contributed by atoms with van der Waals surface area (Å²) in [6, 6.07) is 4.53. The number of hydrogen-bond acceptors (Lipinski definition) is 8. The van der Waals surface area contributed by atoms with E-state index in [9.17, 15) is 14.4 Å². The maximum absolute atomic E-state index is 12.8. The minimum atomic E-state index is -0.918. The molecule has 3 rings (SSSR count). The van der Waals surface area contributed by atoms with Crippen LogP contribution in [0.3, 0.4) is 0 Å². The molecule has 1 aliphatic heterocycles. The Bertz CT molecular complexity index is 1090. The Labute approximate surface area is 201 Å². The fraction of sp³-hybridized carbons (Fsp3) is 0.348. The first kappa shape index (κ1) is 25.0. The Kier molecular flexibility index (Phi) is 8.06. The van der Waals surface area contributed by atoms with Gasteiger partial charge in [0.1, 0.15) is 18.4 Å². The third kappa shape index (κ3) is 5.63. The van der Waals surface area contributed by atoms with E-state index in [0.717, 1.165) is 0 Å². The van der Waals surface area contributed by atoms with E-state index in [1.807, 2.05) is 13.8 Å². The van der Waals surface area contributed by atoms with Gasteiger partial charge in [-0.15, -0.1) is 0 Å². The molecule has 2 heterocycles. The third-order valence-electron chi connectivity index (χ3n) is 4.64. The quantitative estimate of drug-likeness (QED) is 0.507. The summed E-state index contributed by atoms with van der Waals surface area (Å²) >= 11 is 6.29. The molecule has 1 aromatic carbocycles. The van der Waals surface area contributed by atoms with Gasteiger partial charge in [-0.1, -0.05) is 11.6 Å². The van der Waals surface area contributed by atoms with Gasteiger partial charge >= 0.3 is 18.0 Å². The standard InChI is InChI=1S/C23H25ClN2O8/c1-5-31-22(28)18-15(25-23(29)26-19(18)16-7-6-8-32-16)11-33-21(27)13-9-14(24)20(34-12(2)3)17(10-13)30-4/h6-10,12,19H,5,11H2,1-4H3,(H2,25,26,29). The zero-order valence-corrected chi connectivity index (χ0v) is 19.9. The number of nitrogens with one attached hydrogen (secondary N) is 2. The molecule has 10 nitrogen and oxygen atoms in total. The van der Waals surface area contributed by atoms with Crippen molar-refractivity contribution in [1.82, 2.24) is 10.6 Å². The molecule has 0 radical (unpaired) electrons. The average Bonchev–Trinajstić information content (AvgIpc) is 3.33. The normalized spacial score (nSPS) is 15.5. The van der Waals surface area contributed by atoms with Gasteiger partial charge in [-0.05, 0) is 45.0 Å². The summed E-state index contributed by atoms with van der Waals surface area (Å²) in [5.74, 6) is -0.571. The van der Waals surface area contributed by atoms with Gasteiger partial charge < -0.3 is 34.0 Å². The summed E-state index contributed by atoms with van der Waals surface area (Å²) in [7, 11) is 1.42. The van der Waals surface area contributed by atoms with E-state index >= 15 is 0 Å². The molecule has 0 fully saturated rings. The molecule has 1 unspecified atom stereocenters. The van der Waals surface area contributed by atoms with Gasteiger partial charge in [0, 0.05) is 0 Å². The van der Waals surface area contributed by atoms with E-state index < -0.39 is 30.6 Å². The number of rotatable bonds is 9. The summed E-state index contributed by atoms with van der Waals surface area (Å²) in [5, 5.41) is 5.29. The fourth-order valence-electron chi connectivity index (χ4n) is 3.26. The van der Waals surface area contributed by atoms with Crippen molar-refractivity contribution < 1.29 is 37.7 Å². The number of methoxy groups -OCH3 is 1. The molecular formula is C23H25ClN2O8. The highest BCUT2D eigenvalue weighted by Crippen LogP contribution is 2.37. The van der Waals surface area contributed by atoms with Crippen molar-refractivity contribution in [2.24, 2.45) is 0 Å². The Morgan fingerprint density at radius 2 is 1.97 bits per heavy atom. The Morgan fingerprint density at radius 1 is 1.21 bits per heavy atom. The summed E-state index contributed by atoms with van der Waals surface area (Å²) in [5.41, 5.74) is 0.217. The first-order chi connectivity index (χ1) is 16.2. The second kappa shape index (κ2) is 11.0. The molecule has 2 N–H and O–H groups in total. The van der Waals surface area contributed by atoms with E-state index in [-0.39, 0.29) is 40.3 Å². The van der Waals surface area contributed by atoms with Gasteiger partial charge in [0.25, 0.3) is 0 Å². The van der Waals surface area contributed by atoms with Gasteiger partial charge in [-0.2, -0.15) is 0 Å². The second-order valence-corrected chi connectivity index (χ2v) is 7.80. The molecule has 0 saturated carbocycles. The molecule has 0 spiro atoms. The van der Waals surface area contributed by atoms with Gasteiger partial charge in [-0.3, -0.25) is 0 Å². The number of esters is 2. The zero-order chi connectivity index (χ0) is 24.8. The number of halogens is 1. The maximum Gasteiger partial charge on any atom is 0.338 e. The monoisotopic (exact) mass is 492 g/mol. The van der Waals surface area contributed by atoms with Crippen molar-refractivity contribution in [2.75, 3.05) is 20.3 Å². The molecule has 1 atom stereocenters. The van der Waals surface area contributed by atoms with Crippen LogP contribution in [0.4, 0.5) is 4.79 Å². The summed E-state index contributed by atoms with van der Waals surface area (Å²) in [4.78, 5) is 37.7. The van der Waals surface area contributed by atoms with Crippen LogP contribution in [0.15, 0.2) is 46.2 Å². The van der Waals surface area contributed by atoms with Gasteiger partial charge in [0.15, 0.2) is 11.5 Å². The lowest BCUT2D eigenvalue weighted by atomic mass is 10.0. The van der Waals surface area contributed by atoms with Crippen molar-refractivity contribution in [2.45, 2.75) is 32.9 Å². The lowest BCUT2D eigenvalue weighted by Crippen LogP contribution is -2.47. The molecule has 2 aromatic rings. The first-order valence-electron chi connectivity index (χ1n) is 10.5. The molecule has 0 aliphatic carbocycles. The number of amides is 2. The van der Waals surface area contributed by atoms with Crippen molar-refractivity contribution in [3.05, 3.63) is 58.1 Å². The highest BCUT2D eigenvalue weighted by Gasteiger charge is 2.35. The molecule has 2 amide bonds. The zero-order valence-electron chi connectivity index (χ0n) is 19.1. The van der Waals surface area contributed by atoms with Crippen LogP contribution in [0, 0.1) is 0 Å². The van der Waals surface area contributed by atoms with E-state index in [1.165, 1.54) is 25.5 Å². The third-order valence-corrected chi connectivity index (χ3v) is 4.92. The Hall–Kier alpha value is -3.66. The van der Waals surface area contributed by atoms with E-state index in [4.69, 9.17) is 35.0 Å². The molecule has 34 heavy (non-hydrogen) atoms. The Morgan fingerprint density at radius 3 is 2.59 bits per heavy atom. The molecule has 11 heteroatoms. The SMILES string of the molecule is CCOC(=O)C1=C(COC(=O)c2cc(Cl)c(OC(C)C)c(OC)c2)NC(=O)NC1c1ccco1. The van der Waals surface area contributed by atoms with Gasteiger partial charge in [-0.25, -0.2) is 14.4 Å². The van der Waals surface area contributed by atoms with Crippen LogP contribution in [-0.2, 0) is 14.3 Å². The first-order valence-corrected chi connectivity index (χ1v) is 10.8. The van der Waals surface area contributed by atoms with Crippen molar-refractivity contribution in [1.29, 1.82) is 0 Å². The predicted molar refractivity (Wildman–Crippen MR) is 121 cm³/mol. The molecular weight excluding hydrogens is 468 g/mol. The predicted octanol–water partition coefficient (Wildman–Crippen LogP) is 3.76. The van der Waals surface area contributed by atoms with Crippen LogP contribution < -0.4 is 20.1 Å². The average molecular weight is 493 g/mol. The number of carbonyl (C=O) groups excluding carboxylic acids is 3. The van der Waals surface area contributed by atoms with Crippen LogP contribution in [0.2, 0.25) is 5.02 Å². The van der Waals surface area contributed by atoms with Gasteiger partial charge in [0.05, 0.1) is 47.9 Å². The summed E-state index contributed by atoms with van der Waals surface area (Å²) in [6.45, 7) is 5.00. The second-order valence-electron chi connectivity index (χ2n) is 7.39. The van der Waals surface area contributed by atoms with Crippen molar-refractivity contribution >= 4 is 29.6 Å². The van der Waals surface area contributed by atoms with E-state index in [1.54, 1.807) is 19.1 Å². The van der Waals surface area contributed by atoms with E-state index in [2.05, 4.69) is 10.6 Å². The lowest BCUT2D eigenvalue weighted by Gasteiger charge is -2.27. The van der Waals surface area contributed by atoms with Crippen LogP contribution in [0.1, 0.15) is 42.9 Å². The minimum Gasteiger partial charge on any atom is -0.493 e. The highest BCUT2D eigenvalue weighted by atomic mass is 35.5. The topological polar surface area (TPSA) is 125 Å². The molecule has 182 valence electrons. The van der Waals surface area contributed by atoms with Crippen LogP contribution in [0.5, 0.6) is 11.5 Å². The number of urea groups is 1. The van der Waals surface area contributed by atoms with Crippen molar-refractivity contribution in [3.8, 4) is 11.5 Å². The highest BCUT2D eigenvalue weighted by molar-refractivity contribution is 6.32. The number of benzene rings is 1.